The van der Waals surface area contributed by atoms with Gasteiger partial charge in [-0.2, -0.15) is 8.42 Å². The first-order valence-corrected chi connectivity index (χ1v) is 30.7. The fourth-order valence-corrected chi connectivity index (χ4v) is 11.2. The summed E-state index contributed by atoms with van der Waals surface area (Å²) in [6.07, 6.45) is 14.7. The van der Waals surface area contributed by atoms with E-state index in [-0.39, 0.29) is 30.3 Å². The van der Waals surface area contributed by atoms with Crippen LogP contribution in [-0.2, 0) is 47.9 Å². The van der Waals surface area contributed by atoms with Gasteiger partial charge in [-0.05, 0) is 49.9 Å². The third kappa shape index (κ3) is 28.4. The second kappa shape index (κ2) is 39.8. The fourth-order valence-electron chi connectivity index (χ4n) is 10.7. The monoisotopic (exact) mass is 1080 g/mol. The maximum atomic E-state index is 13.9. The van der Waals surface area contributed by atoms with Crippen LogP contribution in [0.4, 0.5) is 0 Å². The molecule has 74 heavy (non-hydrogen) atoms. The minimum atomic E-state index is -5.32. The third-order valence-electron chi connectivity index (χ3n) is 15.1. The molecule has 0 amide bonds. The van der Waals surface area contributed by atoms with Crippen LogP contribution >= 0.6 is 0 Å². The van der Waals surface area contributed by atoms with Crippen molar-refractivity contribution < 1.29 is 81.1 Å². The lowest BCUT2D eigenvalue weighted by molar-refractivity contribution is -0.374. The minimum absolute atomic E-state index is 0.0530. The number of hydrogen-bond donors (Lipinski definition) is 7. The number of rotatable bonds is 44. The van der Waals surface area contributed by atoms with Crippen LogP contribution in [0.2, 0.25) is 0 Å². The largest absolute Gasteiger partial charge is 0.455 e. The summed E-state index contributed by atoms with van der Waals surface area (Å²) >= 11 is 0. The summed E-state index contributed by atoms with van der Waals surface area (Å²) in [5.41, 5.74) is 0. The first-order valence-electron chi connectivity index (χ1n) is 29.3. The number of esters is 2. The van der Waals surface area contributed by atoms with Gasteiger partial charge in [-0.3, -0.25) is 14.1 Å². The molecule has 0 radical (unpaired) electrons. The van der Waals surface area contributed by atoms with Gasteiger partial charge < -0.3 is 54.3 Å². The standard InChI is InChI=1S/C56H106O17S/c1-7-9-11-13-15-17-19-21-23-25-27-29-31-33-44(59)42(5)36-40(3)35-41(4)37-43(6)54(64)71-51-49(62)46(39-58)69-56(72-55-52(73-74(65,66)67)50(63)48(61)45(38-57)68-55)53(51)70-47(60)34-32-30-28-26-24-22-20-18-16-14-12-10-8-2/h40-46,48-53,55-59,61-63H,7-39H2,1-6H3,(H,65,66,67). The summed E-state index contributed by atoms with van der Waals surface area (Å²) in [5, 5.41) is 64.0. The minimum Gasteiger partial charge on any atom is -0.455 e. The highest BCUT2D eigenvalue weighted by atomic mass is 32.3. The second-order valence-electron chi connectivity index (χ2n) is 22.3. The molecule has 2 saturated heterocycles. The van der Waals surface area contributed by atoms with Gasteiger partial charge in [0.2, 0.25) is 6.29 Å². The predicted molar refractivity (Wildman–Crippen MR) is 284 cm³/mol. The van der Waals surface area contributed by atoms with E-state index in [9.17, 15) is 53.2 Å². The molecule has 0 aromatic rings. The number of carbonyl (C=O) groups is 2. The van der Waals surface area contributed by atoms with E-state index in [0.29, 0.717) is 12.8 Å². The highest BCUT2D eigenvalue weighted by molar-refractivity contribution is 7.80. The van der Waals surface area contributed by atoms with Crippen LogP contribution in [0.25, 0.3) is 0 Å². The summed E-state index contributed by atoms with van der Waals surface area (Å²) in [7, 11) is -5.32. The average molecular weight is 1080 g/mol. The van der Waals surface area contributed by atoms with Gasteiger partial charge in [-0.1, -0.05) is 202 Å². The molecule has 0 spiro atoms. The van der Waals surface area contributed by atoms with Crippen molar-refractivity contribution in [3.8, 4) is 0 Å². The lowest BCUT2D eigenvalue weighted by Gasteiger charge is -2.46. The Bertz CT molecular complexity index is 1540. The van der Waals surface area contributed by atoms with Crippen molar-refractivity contribution >= 4 is 22.3 Å². The SMILES string of the molecule is CCCCCCCCCCCCCCCC(=O)OC1C(OC2OC(CO)C(O)C(O)C2OS(=O)(=O)O)OC(CO)C(O)C1OC(=O)C(C)CC(C)CC(C)CC(C)C(O)CCCCCCCCCCCCCCC. The summed E-state index contributed by atoms with van der Waals surface area (Å²) in [5.74, 6) is -1.80. The highest BCUT2D eigenvalue weighted by Gasteiger charge is 2.54. The molecule has 2 aliphatic rings. The van der Waals surface area contributed by atoms with Crippen LogP contribution in [0, 0.1) is 23.7 Å². The number of unbranched alkanes of at least 4 members (excludes halogenated alkanes) is 24. The fraction of sp³-hybridized carbons (Fsp3) is 0.964. The first kappa shape index (κ1) is 68.6. The molecule has 0 saturated carbocycles. The molecule has 438 valence electrons. The number of ether oxygens (including phenoxy) is 5. The molecule has 2 heterocycles. The normalized spacial score (nSPS) is 26.6. The molecule has 17 nitrogen and oxygen atoms in total. The van der Waals surface area contributed by atoms with Crippen molar-refractivity contribution in [3.63, 3.8) is 0 Å². The Kier molecular flexibility index (Phi) is 36.8. The zero-order valence-corrected chi connectivity index (χ0v) is 47.4. The van der Waals surface area contributed by atoms with E-state index in [4.69, 9.17) is 23.7 Å². The smallest absolute Gasteiger partial charge is 0.397 e. The number of hydrogen-bond acceptors (Lipinski definition) is 16. The Morgan fingerprint density at radius 1 is 0.527 bits per heavy atom. The highest BCUT2D eigenvalue weighted by Crippen LogP contribution is 2.34. The number of aliphatic hydroxyl groups excluding tert-OH is 6. The van der Waals surface area contributed by atoms with E-state index in [2.05, 4.69) is 31.9 Å². The van der Waals surface area contributed by atoms with Gasteiger partial charge in [0.15, 0.2) is 24.6 Å². The molecule has 0 aromatic carbocycles. The van der Waals surface area contributed by atoms with E-state index in [1.807, 2.05) is 6.92 Å². The quantitative estimate of drug-likeness (QED) is 0.0170. The van der Waals surface area contributed by atoms with Crippen molar-refractivity contribution in [1.29, 1.82) is 0 Å². The third-order valence-corrected chi connectivity index (χ3v) is 15.6. The number of carbonyl (C=O) groups excluding carboxylic acids is 2. The summed E-state index contributed by atoms with van der Waals surface area (Å²) in [4.78, 5) is 27.5. The molecule has 2 aliphatic heterocycles. The van der Waals surface area contributed by atoms with Crippen LogP contribution in [0.3, 0.4) is 0 Å². The zero-order valence-electron chi connectivity index (χ0n) is 46.6. The Morgan fingerprint density at radius 3 is 1.41 bits per heavy atom. The van der Waals surface area contributed by atoms with Crippen LogP contribution in [-0.4, -0.2) is 136 Å². The van der Waals surface area contributed by atoms with Gasteiger partial charge in [0.05, 0.1) is 25.2 Å². The van der Waals surface area contributed by atoms with E-state index in [1.165, 1.54) is 116 Å². The molecule has 0 bridgehead atoms. The second-order valence-corrected chi connectivity index (χ2v) is 23.3. The first-order chi connectivity index (χ1) is 35.4. The number of aliphatic hydroxyl groups is 6. The Morgan fingerprint density at radius 2 is 0.946 bits per heavy atom. The van der Waals surface area contributed by atoms with Crippen molar-refractivity contribution in [2.75, 3.05) is 13.2 Å². The maximum absolute atomic E-state index is 13.9. The molecule has 0 aliphatic carbocycles. The molecule has 15 unspecified atom stereocenters. The molecule has 7 N–H and O–H groups in total. The molecular formula is C56H106O17S. The predicted octanol–water partition coefficient (Wildman–Crippen LogP) is 9.57. The van der Waals surface area contributed by atoms with Crippen molar-refractivity contribution in [1.82, 2.24) is 0 Å². The van der Waals surface area contributed by atoms with Crippen molar-refractivity contribution in [2.24, 2.45) is 23.7 Å². The molecule has 2 rings (SSSR count). The van der Waals surface area contributed by atoms with E-state index >= 15 is 0 Å². The van der Waals surface area contributed by atoms with Crippen LogP contribution in [0.5, 0.6) is 0 Å². The zero-order chi connectivity index (χ0) is 54.9. The molecule has 15 atom stereocenters. The van der Waals surface area contributed by atoms with E-state index in [0.717, 1.165) is 64.2 Å². The van der Waals surface area contributed by atoms with Gasteiger partial charge in [-0.15, -0.1) is 0 Å². The topological polar surface area (TPSA) is 265 Å². The van der Waals surface area contributed by atoms with Crippen LogP contribution in [0.1, 0.15) is 241 Å². The Labute approximate surface area is 446 Å². The Hall–Kier alpha value is -1.55. The van der Waals surface area contributed by atoms with Crippen LogP contribution in [0.15, 0.2) is 0 Å². The van der Waals surface area contributed by atoms with E-state index in [1.54, 1.807) is 6.92 Å². The summed E-state index contributed by atoms with van der Waals surface area (Å²) < 4.78 is 67.0. The van der Waals surface area contributed by atoms with Gasteiger partial charge in [0.1, 0.15) is 30.5 Å². The lowest BCUT2D eigenvalue weighted by atomic mass is 9.83. The van der Waals surface area contributed by atoms with Gasteiger partial charge in [-0.25, -0.2) is 4.18 Å². The molecule has 0 aromatic heterocycles. The summed E-state index contributed by atoms with van der Waals surface area (Å²) in [6.45, 7) is 10.7. The van der Waals surface area contributed by atoms with Gasteiger partial charge in [0.25, 0.3) is 0 Å². The Balaban J connectivity index is 2.05. The average Bonchev–Trinajstić information content (AvgIpc) is 3.35. The van der Waals surface area contributed by atoms with Crippen molar-refractivity contribution in [2.45, 2.75) is 308 Å². The van der Waals surface area contributed by atoms with Gasteiger partial charge in [0, 0.05) is 6.42 Å². The molecular weight excluding hydrogens is 977 g/mol. The van der Waals surface area contributed by atoms with Gasteiger partial charge >= 0.3 is 22.3 Å². The van der Waals surface area contributed by atoms with Crippen molar-refractivity contribution in [3.05, 3.63) is 0 Å². The lowest BCUT2D eigenvalue weighted by Crippen LogP contribution is -2.65. The molecule has 2 fully saturated rings. The molecule has 18 heteroatoms. The van der Waals surface area contributed by atoms with Crippen LogP contribution < -0.4 is 0 Å². The summed E-state index contributed by atoms with van der Waals surface area (Å²) in [6, 6.07) is 0. The maximum Gasteiger partial charge on any atom is 0.397 e. The van der Waals surface area contributed by atoms with E-state index < -0.39 is 103 Å².